The maximum Gasteiger partial charge on any atom is 0.416 e. The molecule has 0 saturated carbocycles. The first-order valence-corrected chi connectivity index (χ1v) is 9.37. The lowest BCUT2D eigenvalue weighted by Crippen LogP contribution is -2.08. The van der Waals surface area contributed by atoms with Crippen LogP contribution in [0.25, 0.3) is 0 Å². The third-order valence-electron chi connectivity index (χ3n) is 4.52. The number of ether oxygens (including phenoxy) is 2. The van der Waals surface area contributed by atoms with Crippen molar-refractivity contribution in [1.29, 1.82) is 0 Å². The van der Waals surface area contributed by atoms with Crippen molar-refractivity contribution < 1.29 is 32.2 Å². The molecule has 3 rings (SSSR count). The summed E-state index contributed by atoms with van der Waals surface area (Å²) in [6.07, 6.45) is -4.43. The Morgan fingerprint density at radius 1 is 0.645 bits per heavy atom. The van der Waals surface area contributed by atoms with Crippen LogP contribution in [-0.2, 0) is 15.8 Å². The number of carbonyl (C=O) groups excluding carboxylic acids is 2. The quantitative estimate of drug-likeness (QED) is 0.296. The average molecular weight is 428 g/mol. The minimum atomic E-state index is -4.43. The SMILES string of the molecule is CC(=O)Oc1ccc(C(c2ccc(OC(C)=O)cc2)c2ccc(C(F)(F)F)cc2)cc1. The van der Waals surface area contributed by atoms with Gasteiger partial charge in [-0.1, -0.05) is 36.4 Å². The molecule has 0 aliphatic carbocycles. The number of benzene rings is 3. The van der Waals surface area contributed by atoms with Gasteiger partial charge < -0.3 is 9.47 Å². The summed E-state index contributed by atoms with van der Waals surface area (Å²) >= 11 is 0. The Labute approximate surface area is 177 Å². The molecule has 0 N–H and O–H groups in total. The lowest BCUT2D eigenvalue weighted by Gasteiger charge is -2.20. The number of hydrogen-bond acceptors (Lipinski definition) is 4. The van der Waals surface area contributed by atoms with Crippen LogP contribution < -0.4 is 9.47 Å². The predicted molar refractivity (Wildman–Crippen MR) is 108 cm³/mol. The Kier molecular flexibility index (Phi) is 6.44. The zero-order valence-corrected chi connectivity index (χ0v) is 16.8. The van der Waals surface area contributed by atoms with Gasteiger partial charge >= 0.3 is 18.1 Å². The van der Waals surface area contributed by atoms with E-state index in [0.29, 0.717) is 17.1 Å². The van der Waals surface area contributed by atoms with Crippen molar-refractivity contribution in [3.63, 3.8) is 0 Å². The van der Waals surface area contributed by atoms with Gasteiger partial charge in [0.15, 0.2) is 0 Å². The molecule has 0 atom stereocenters. The molecule has 3 aromatic rings. The summed E-state index contributed by atoms with van der Waals surface area (Å²) < 4.78 is 49.1. The standard InChI is InChI=1S/C24H19F3O4/c1-15(28)30-21-11-5-18(6-12-21)23(17-3-9-20(10-4-17)24(25,26)27)19-7-13-22(14-8-19)31-16(2)29/h3-14,23H,1-2H3. The zero-order chi connectivity index (χ0) is 22.6. The molecule has 3 aromatic carbocycles. The van der Waals surface area contributed by atoms with Crippen molar-refractivity contribution in [3.8, 4) is 11.5 Å². The second kappa shape index (κ2) is 9.04. The van der Waals surface area contributed by atoms with E-state index in [2.05, 4.69) is 0 Å². The van der Waals surface area contributed by atoms with Crippen molar-refractivity contribution in [1.82, 2.24) is 0 Å². The van der Waals surface area contributed by atoms with Gasteiger partial charge in [-0.05, 0) is 53.1 Å². The van der Waals surface area contributed by atoms with Crippen LogP contribution in [0, 0.1) is 0 Å². The summed E-state index contributed by atoms with van der Waals surface area (Å²) in [5, 5.41) is 0. The summed E-state index contributed by atoms with van der Waals surface area (Å²) in [5.41, 5.74) is 1.49. The van der Waals surface area contributed by atoms with E-state index in [1.165, 1.54) is 26.0 Å². The molecule has 4 nitrogen and oxygen atoms in total. The van der Waals surface area contributed by atoms with Crippen molar-refractivity contribution in [3.05, 3.63) is 95.1 Å². The van der Waals surface area contributed by atoms with Crippen LogP contribution >= 0.6 is 0 Å². The molecule has 160 valence electrons. The lowest BCUT2D eigenvalue weighted by atomic mass is 9.85. The van der Waals surface area contributed by atoms with E-state index in [1.54, 1.807) is 48.5 Å². The van der Waals surface area contributed by atoms with Crippen LogP contribution in [0.15, 0.2) is 72.8 Å². The van der Waals surface area contributed by atoms with Gasteiger partial charge in [0.25, 0.3) is 0 Å². The van der Waals surface area contributed by atoms with Gasteiger partial charge in [0.2, 0.25) is 0 Å². The molecule has 31 heavy (non-hydrogen) atoms. The van der Waals surface area contributed by atoms with Gasteiger partial charge in [0.05, 0.1) is 5.56 Å². The molecule has 0 spiro atoms. The van der Waals surface area contributed by atoms with Gasteiger partial charge in [-0.15, -0.1) is 0 Å². The van der Waals surface area contributed by atoms with Gasteiger partial charge in [0, 0.05) is 19.8 Å². The average Bonchev–Trinajstić information content (AvgIpc) is 2.70. The molecule has 0 unspecified atom stereocenters. The van der Waals surface area contributed by atoms with Crippen LogP contribution in [0.2, 0.25) is 0 Å². The largest absolute Gasteiger partial charge is 0.427 e. The normalized spacial score (nSPS) is 11.3. The number of alkyl halides is 3. The zero-order valence-electron chi connectivity index (χ0n) is 16.8. The minimum Gasteiger partial charge on any atom is -0.427 e. The molecule has 0 bridgehead atoms. The van der Waals surface area contributed by atoms with Crippen LogP contribution in [0.3, 0.4) is 0 Å². The fourth-order valence-electron chi connectivity index (χ4n) is 3.23. The van der Waals surface area contributed by atoms with Crippen molar-refractivity contribution in [2.45, 2.75) is 25.9 Å². The molecule has 0 aliphatic rings. The monoisotopic (exact) mass is 428 g/mol. The summed E-state index contributed by atoms with van der Waals surface area (Å²) in [6, 6.07) is 18.5. The van der Waals surface area contributed by atoms with Gasteiger partial charge in [-0.2, -0.15) is 13.2 Å². The molecule has 0 fully saturated rings. The van der Waals surface area contributed by atoms with E-state index >= 15 is 0 Å². The number of esters is 2. The lowest BCUT2D eigenvalue weighted by molar-refractivity contribution is -0.137. The molecule has 0 radical (unpaired) electrons. The molecule has 0 aliphatic heterocycles. The fourth-order valence-corrected chi connectivity index (χ4v) is 3.23. The van der Waals surface area contributed by atoms with Crippen LogP contribution in [0.5, 0.6) is 11.5 Å². The Morgan fingerprint density at radius 3 is 1.26 bits per heavy atom. The third-order valence-corrected chi connectivity index (χ3v) is 4.52. The topological polar surface area (TPSA) is 52.6 Å². The maximum atomic E-state index is 13.0. The highest BCUT2D eigenvalue weighted by atomic mass is 19.4. The summed E-state index contributed by atoms with van der Waals surface area (Å²) in [5.74, 6) is -0.554. The summed E-state index contributed by atoms with van der Waals surface area (Å²) in [7, 11) is 0. The molecule has 0 amide bonds. The number of carbonyl (C=O) groups is 2. The maximum absolute atomic E-state index is 13.0. The Bertz CT molecular complexity index is 994. The number of rotatable bonds is 5. The summed E-state index contributed by atoms with van der Waals surface area (Å²) in [6.45, 7) is 2.59. The van der Waals surface area contributed by atoms with Gasteiger partial charge in [0.1, 0.15) is 11.5 Å². The van der Waals surface area contributed by atoms with E-state index in [9.17, 15) is 22.8 Å². The van der Waals surface area contributed by atoms with E-state index in [4.69, 9.17) is 9.47 Å². The van der Waals surface area contributed by atoms with Crippen molar-refractivity contribution in [2.75, 3.05) is 0 Å². The van der Waals surface area contributed by atoms with Crippen LogP contribution in [0.4, 0.5) is 13.2 Å². The number of halogens is 3. The van der Waals surface area contributed by atoms with Crippen molar-refractivity contribution >= 4 is 11.9 Å². The van der Waals surface area contributed by atoms with E-state index in [0.717, 1.165) is 23.3 Å². The highest BCUT2D eigenvalue weighted by Crippen LogP contribution is 2.36. The molecular formula is C24H19F3O4. The first kappa shape index (κ1) is 22.1. The number of hydrogen-bond donors (Lipinski definition) is 0. The highest BCUT2D eigenvalue weighted by Gasteiger charge is 2.30. The second-order valence-corrected chi connectivity index (χ2v) is 6.88. The molecule has 0 aromatic heterocycles. The smallest absolute Gasteiger partial charge is 0.416 e. The van der Waals surface area contributed by atoms with E-state index < -0.39 is 23.7 Å². The third kappa shape index (κ3) is 5.72. The first-order valence-electron chi connectivity index (χ1n) is 9.37. The molecule has 7 heteroatoms. The Balaban J connectivity index is 2.01. The predicted octanol–water partition coefficient (Wildman–Crippen LogP) is 5.74. The van der Waals surface area contributed by atoms with Gasteiger partial charge in [-0.25, -0.2) is 0 Å². The minimum absolute atomic E-state index is 0.368. The van der Waals surface area contributed by atoms with E-state index in [1.807, 2.05) is 0 Å². The molecule has 0 saturated heterocycles. The van der Waals surface area contributed by atoms with Crippen LogP contribution in [0.1, 0.15) is 42.0 Å². The van der Waals surface area contributed by atoms with Gasteiger partial charge in [-0.3, -0.25) is 9.59 Å². The second-order valence-electron chi connectivity index (χ2n) is 6.88. The van der Waals surface area contributed by atoms with Crippen LogP contribution in [-0.4, -0.2) is 11.9 Å². The van der Waals surface area contributed by atoms with E-state index in [-0.39, 0.29) is 5.92 Å². The molecule has 0 heterocycles. The first-order chi connectivity index (χ1) is 14.6. The summed E-state index contributed by atoms with van der Waals surface area (Å²) in [4.78, 5) is 22.3. The Morgan fingerprint density at radius 2 is 0.968 bits per heavy atom. The highest BCUT2D eigenvalue weighted by molar-refractivity contribution is 5.69. The molecular weight excluding hydrogens is 409 g/mol. The Hall–Kier alpha value is -3.61. The van der Waals surface area contributed by atoms with Crippen molar-refractivity contribution in [2.24, 2.45) is 0 Å². The fraction of sp³-hybridized carbons (Fsp3) is 0.167.